The van der Waals surface area contributed by atoms with Crippen LogP contribution in [0.4, 0.5) is 5.95 Å². The first-order valence-electron chi connectivity index (χ1n) is 6.71. The molecule has 0 bridgehead atoms. The van der Waals surface area contributed by atoms with Crippen LogP contribution in [0.15, 0.2) is 18.2 Å². The number of hydrogen-bond acceptors (Lipinski definition) is 3. The second kappa shape index (κ2) is 4.61. The van der Waals surface area contributed by atoms with Crippen molar-refractivity contribution >= 4 is 17.0 Å². The van der Waals surface area contributed by atoms with E-state index >= 15 is 0 Å². The van der Waals surface area contributed by atoms with Gasteiger partial charge in [0.1, 0.15) is 0 Å². The molecule has 0 saturated heterocycles. The van der Waals surface area contributed by atoms with Crippen LogP contribution in [0.1, 0.15) is 24.8 Å². The van der Waals surface area contributed by atoms with Gasteiger partial charge in [0.05, 0.1) is 11.0 Å². The Hall–Kier alpha value is -1.55. The minimum Gasteiger partial charge on any atom is -0.353 e. The maximum absolute atomic E-state index is 5.71. The number of rotatable bonds is 4. The lowest BCUT2D eigenvalue weighted by Crippen LogP contribution is -2.29. The van der Waals surface area contributed by atoms with Crippen LogP contribution in [0.25, 0.3) is 11.0 Å². The van der Waals surface area contributed by atoms with Crippen molar-refractivity contribution in [2.75, 3.05) is 11.9 Å². The highest BCUT2D eigenvalue weighted by atomic mass is 15.2. The number of aryl methyl sites for hydroxylation is 1. The van der Waals surface area contributed by atoms with Gasteiger partial charge in [0, 0.05) is 19.1 Å². The van der Waals surface area contributed by atoms with Crippen molar-refractivity contribution in [2.24, 2.45) is 5.73 Å². The molecular formula is C14H20N4. The van der Waals surface area contributed by atoms with Crippen molar-refractivity contribution in [1.82, 2.24) is 9.55 Å². The molecule has 3 N–H and O–H groups in total. The Labute approximate surface area is 107 Å². The third kappa shape index (κ3) is 1.97. The van der Waals surface area contributed by atoms with Gasteiger partial charge in [-0.15, -0.1) is 0 Å². The minimum atomic E-state index is 0.597. The zero-order chi connectivity index (χ0) is 12.5. The number of aromatic nitrogens is 2. The summed E-state index contributed by atoms with van der Waals surface area (Å²) in [6.07, 6.45) is 3.84. The van der Waals surface area contributed by atoms with Crippen molar-refractivity contribution in [3.63, 3.8) is 0 Å². The lowest BCUT2D eigenvalue weighted by Gasteiger charge is -2.27. The first-order chi connectivity index (χ1) is 8.78. The summed E-state index contributed by atoms with van der Waals surface area (Å²) in [5, 5.41) is 3.54. The quantitative estimate of drug-likeness (QED) is 0.867. The molecular weight excluding hydrogens is 224 g/mol. The Bertz CT molecular complexity index is 554. The van der Waals surface area contributed by atoms with Gasteiger partial charge < -0.3 is 15.6 Å². The maximum Gasteiger partial charge on any atom is 0.204 e. The van der Waals surface area contributed by atoms with Gasteiger partial charge in [-0.25, -0.2) is 4.98 Å². The molecule has 96 valence electrons. The third-order valence-electron chi connectivity index (χ3n) is 3.69. The third-order valence-corrected chi connectivity index (χ3v) is 3.69. The van der Waals surface area contributed by atoms with Crippen LogP contribution in [0.3, 0.4) is 0 Å². The Morgan fingerprint density at radius 3 is 2.94 bits per heavy atom. The molecule has 0 amide bonds. The van der Waals surface area contributed by atoms with E-state index in [-0.39, 0.29) is 0 Å². The maximum atomic E-state index is 5.71. The molecule has 1 saturated carbocycles. The molecule has 0 spiro atoms. The van der Waals surface area contributed by atoms with Crippen molar-refractivity contribution in [1.29, 1.82) is 0 Å². The second-order valence-electron chi connectivity index (χ2n) is 5.14. The lowest BCUT2D eigenvalue weighted by molar-refractivity contribution is 0.441. The molecule has 1 aliphatic rings. The summed E-state index contributed by atoms with van der Waals surface area (Å²) in [6.45, 7) is 3.55. The van der Waals surface area contributed by atoms with Crippen LogP contribution in [0.5, 0.6) is 0 Å². The number of nitrogens with zero attached hydrogens (tertiary/aromatic N) is 2. The number of nitrogens with one attached hydrogen (secondary N) is 1. The average Bonchev–Trinajstić information content (AvgIpc) is 2.62. The Kier molecular flexibility index (Phi) is 2.96. The van der Waals surface area contributed by atoms with Crippen LogP contribution in [-0.4, -0.2) is 22.1 Å². The molecule has 1 aromatic carbocycles. The summed E-state index contributed by atoms with van der Waals surface area (Å²) >= 11 is 0. The molecule has 0 unspecified atom stereocenters. The van der Waals surface area contributed by atoms with Crippen LogP contribution < -0.4 is 11.1 Å². The van der Waals surface area contributed by atoms with E-state index in [0.717, 1.165) is 18.0 Å². The second-order valence-corrected chi connectivity index (χ2v) is 5.14. The number of hydrogen-bond donors (Lipinski definition) is 2. The van der Waals surface area contributed by atoms with Crippen LogP contribution >= 0.6 is 0 Å². The van der Waals surface area contributed by atoms with Crippen LogP contribution in [-0.2, 0) is 6.54 Å². The molecule has 1 aromatic heterocycles. The SMILES string of the molecule is Cc1ccc2c(c1)nc(NC1CCC1)n2CCN. The van der Waals surface area contributed by atoms with E-state index in [4.69, 9.17) is 10.7 Å². The van der Waals surface area contributed by atoms with Crippen molar-refractivity contribution in [3.8, 4) is 0 Å². The summed E-state index contributed by atoms with van der Waals surface area (Å²) in [5.74, 6) is 0.978. The van der Waals surface area contributed by atoms with Crippen molar-refractivity contribution < 1.29 is 0 Å². The van der Waals surface area contributed by atoms with Gasteiger partial charge in [0.15, 0.2) is 0 Å². The molecule has 4 nitrogen and oxygen atoms in total. The molecule has 2 aromatic rings. The van der Waals surface area contributed by atoms with E-state index in [0.29, 0.717) is 12.6 Å². The van der Waals surface area contributed by atoms with Gasteiger partial charge in [-0.1, -0.05) is 6.07 Å². The topological polar surface area (TPSA) is 55.9 Å². The monoisotopic (exact) mass is 244 g/mol. The molecule has 18 heavy (non-hydrogen) atoms. The fraction of sp³-hybridized carbons (Fsp3) is 0.500. The van der Waals surface area contributed by atoms with Crippen LogP contribution in [0.2, 0.25) is 0 Å². The Morgan fingerprint density at radius 1 is 1.44 bits per heavy atom. The molecule has 0 atom stereocenters. The van der Waals surface area contributed by atoms with E-state index in [1.165, 1.54) is 30.3 Å². The van der Waals surface area contributed by atoms with E-state index in [1.807, 2.05) is 0 Å². The van der Waals surface area contributed by atoms with E-state index in [9.17, 15) is 0 Å². The van der Waals surface area contributed by atoms with E-state index in [2.05, 4.69) is 35.0 Å². The largest absolute Gasteiger partial charge is 0.353 e. The fourth-order valence-corrected chi connectivity index (χ4v) is 2.44. The molecule has 3 rings (SSSR count). The van der Waals surface area contributed by atoms with Crippen LogP contribution in [0, 0.1) is 6.92 Å². The predicted molar refractivity (Wildman–Crippen MR) is 74.8 cm³/mol. The standard InChI is InChI=1S/C14H20N4/c1-10-5-6-13-12(9-10)17-14(18(13)8-7-15)16-11-3-2-4-11/h5-6,9,11H,2-4,7-8,15H2,1H3,(H,16,17). The average molecular weight is 244 g/mol. The van der Waals surface area contributed by atoms with Gasteiger partial charge in [-0.05, 0) is 43.9 Å². The molecule has 0 radical (unpaired) electrons. The van der Waals surface area contributed by atoms with Crippen molar-refractivity contribution in [3.05, 3.63) is 23.8 Å². The zero-order valence-electron chi connectivity index (χ0n) is 10.8. The lowest BCUT2D eigenvalue weighted by atomic mass is 9.93. The number of fused-ring (bicyclic) bond motifs is 1. The number of anilines is 1. The molecule has 1 heterocycles. The first kappa shape index (κ1) is 11.5. The van der Waals surface area contributed by atoms with E-state index in [1.54, 1.807) is 0 Å². The van der Waals surface area contributed by atoms with Gasteiger partial charge in [-0.2, -0.15) is 0 Å². The number of benzene rings is 1. The van der Waals surface area contributed by atoms with Crippen molar-refractivity contribution in [2.45, 2.75) is 38.8 Å². The summed E-state index contributed by atoms with van der Waals surface area (Å²) in [7, 11) is 0. The Balaban J connectivity index is 2.01. The number of nitrogens with two attached hydrogens (primary N) is 1. The fourth-order valence-electron chi connectivity index (χ4n) is 2.44. The smallest absolute Gasteiger partial charge is 0.204 e. The summed E-state index contributed by atoms with van der Waals surface area (Å²) in [6, 6.07) is 7.00. The Morgan fingerprint density at radius 2 is 2.28 bits per heavy atom. The van der Waals surface area contributed by atoms with Gasteiger partial charge in [0.25, 0.3) is 0 Å². The molecule has 1 aliphatic carbocycles. The normalized spacial score (nSPS) is 15.9. The number of imidazole rings is 1. The zero-order valence-corrected chi connectivity index (χ0v) is 10.8. The molecule has 0 aliphatic heterocycles. The predicted octanol–water partition coefficient (Wildman–Crippen LogP) is 2.27. The molecule has 4 heteroatoms. The first-order valence-corrected chi connectivity index (χ1v) is 6.71. The van der Waals surface area contributed by atoms with Gasteiger partial charge >= 0.3 is 0 Å². The summed E-state index contributed by atoms with van der Waals surface area (Å²) < 4.78 is 2.20. The summed E-state index contributed by atoms with van der Waals surface area (Å²) in [5.41, 5.74) is 9.19. The molecule has 1 fully saturated rings. The van der Waals surface area contributed by atoms with Gasteiger partial charge in [-0.3, -0.25) is 0 Å². The van der Waals surface area contributed by atoms with Gasteiger partial charge in [0.2, 0.25) is 5.95 Å². The highest BCUT2D eigenvalue weighted by molar-refractivity contribution is 5.79. The highest BCUT2D eigenvalue weighted by Crippen LogP contribution is 2.26. The summed E-state index contributed by atoms with van der Waals surface area (Å²) in [4.78, 5) is 4.71. The van der Waals surface area contributed by atoms with E-state index < -0.39 is 0 Å². The highest BCUT2D eigenvalue weighted by Gasteiger charge is 2.20. The minimum absolute atomic E-state index is 0.597.